The normalized spacial score (nSPS) is 17.7. The first-order chi connectivity index (χ1) is 8.96. The lowest BCUT2D eigenvalue weighted by molar-refractivity contribution is 0.159. The molecule has 0 aliphatic heterocycles. The molecule has 0 saturated heterocycles. The van der Waals surface area contributed by atoms with Crippen LogP contribution in [-0.4, -0.2) is 23.3 Å². The second-order valence-electron chi connectivity index (χ2n) is 5.34. The third kappa shape index (κ3) is 3.19. The molecule has 1 saturated carbocycles. The van der Waals surface area contributed by atoms with Crippen LogP contribution < -0.4 is 10.6 Å². The number of hydrogen-bond acceptors (Lipinski definition) is 2. The molecule has 0 heterocycles. The van der Waals surface area contributed by atoms with E-state index in [1.165, 1.54) is 0 Å². The molecule has 2 rings (SSSR count). The number of halogens is 1. The maximum Gasteiger partial charge on any atom is 0.319 e. The first kappa shape index (κ1) is 14.2. The number of urea groups is 1. The molecule has 2 amide bonds. The second kappa shape index (κ2) is 5.39. The van der Waals surface area contributed by atoms with Gasteiger partial charge in [0.05, 0.1) is 12.1 Å². The van der Waals surface area contributed by atoms with Crippen LogP contribution in [-0.2, 0) is 0 Å². The summed E-state index contributed by atoms with van der Waals surface area (Å²) in [6.07, 6.45) is 2.10. The van der Waals surface area contributed by atoms with Crippen LogP contribution in [0.5, 0.6) is 0 Å². The molecule has 3 N–H and O–H groups in total. The molecule has 104 valence electrons. The number of aliphatic hydroxyl groups is 1. The van der Waals surface area contributed by atoms with E-state index < -0.39 is 5.54 Å². The molecular weight excluding hydrogens is 264 g/mol. The van der Waals surface area contributed by atoms with Crippen molar-refractivity contribution in [3.05, 3.63) is 28.8 Å². The summed E-state index contributed by atoms with van der Waals surface area (Å²) in [6, 6.07) is 5.06. The van der Waals surface area contributed by atoms with Crippen LogP contribution in [0.4, 0.5) is 10.5 Å². The Morgan fingerprint density at radius 2 is 2.21 bits per heavy atom. The lowest BCUT2D eigenvalue weighted by Gasteiger charge is -2.29. The van der Waals surface area contributed by atoms with Gasteiger partial charge in [-0.1, -0.05) is 17.7 Å². The van der Waals surface area contributed by atoms with E-state index in [1.807, 2.05) is 13.8 Å². The van der Waals surface area contributed by atoms with Gasteiger partial charge in [0.15, 0.2) is 0 Å². The third-order valence-electron chi connectivity index (χ3n) is 3.72. The van der Waals surface area contributed by atoms with E-state index >= 15 is 0 Å². The topological polar surface area (TPSA) is 61.4 Å². The van der Waals surface area contributed by atoms with Crippen molar-refractivity contribution in [2.75, 3.05) is 11.9 Å². The zero-order valence-corrected chi connectivity index (χ0v) is 11.9. The Morgan fingerprint density at radius 3 is 2.79 bits per heavy atom. The molecule has 1 aliphatic carbocycles. The Morgan fingerprint density at radius 1 is 1.53 bits per heavy atom. The van der Waals surface area contributed by atoms with Crippen LogP contribution in [0.25, 0.3) is 0 Å². The number of carbonyl (C=O) groups is 1. The average Bonchev–Trinajstić information content (AvgIpc) is 3.19. The predicted octanol–water partition coefficient (Wildman–Crippen LogP) is 2.93. The number of aliphatic hydroxyl groups excluding tert-OH is 1. The Labute approximate surface area is 118 Å². The highest BCUT2D eigenvalue weighted by atomic mass is 35.5. The number of rotatable bonds is 4. The van der Waals surface area contributed by atoms with Crippen molar-refractivity contribution in [3.63, 3.8) is 0 Å². The Kier molecular flexibility index (Phi) is 4.02. The summed E-state index contributed by atoms with van der Waals surface area (Å²) in [5.74, 6) is 0.365. The zero-order chi connectivity index (χ0) is 14.0. The summed E-state index contributed by atoms with van der Waals surface area (Å²) in [6.45, 7) is 3.67. The van der Waals surface area contributed by atoms with E-state index in [2.05, 4.69) is 10.6 Å². The SMILES string of the molecule is Cc1c(Cl)cccc1NC(=O)NC(C)(CO)C1CC1. The van der Waals surface area contributed by atoms with Gasteiger partial charge in [-0.3, -0.25) is 0 Å². The number of anilines is 1. The lowest BCUT2D eigenvalue weighted by Crippen LogP contribution is -2.52. The summed E-state index contributed by atoms with van der Waals surface area (Å²) in [5.41, 5.74) is 0.967. The molecule has 0 spiro atoms. The van der Waals surface area contributed by atoms with E-state index in [0.717, 1.165) is 18.4 Å². The fourth-order valence-corrected chi connectivity index (χ4v) is 2.32. The van der Waals surface area contributed by atoms with Crippen molar-refractivity contribution in [2.45, 2.75) is 32.2 Å². The van der Waals surface area contributed by atoms with E-state index in [-0.39, 0.29) is 12.6 Å². The number of nitrogens with one attached hydrogen (secondary N) is 2. The van der Waals surface area contributed by atoms with Gasteiger partial charge in [-0.25, -0.2) is 4.79 Å². The van der Waals surface area contributed by atoms with Crippen molar-refractivity contribution < 1.29 is 9.90 Å². The van der Waals surface area contributed by atoms with E-state index in [9.17, 15) is 9.90 Å². The third-order valence-corrected chi connectivity index (χ3v) is 4.13. The van der Waals surface area contributed by atoms with Gasteiger partial charge in [-0.15, -0.1) is 0 Å². The van der Waals surface area contributed by atoms with Gasteiger partial charge >= 0.3 is 6.03 Å². The molecule has 1 fully saturated rings. The molecule has 4 nitrogen and oxygen atoms in total. The number of benzene rings is 1. The van der Waals surface area contributed by atoms with E-state index in [0.29, 0.717) is 16.6 Å². The van der Waals surface area contributed by atoms with Crippen molar-refractivity contribution in [1.29, 1.82) is 0 Å². The quantitative estimate of drug-likeness (QED) is 0.795. The molecule has 1 unspecified atom stereocenters. The van der Waals surface area contributed by atoms with E-state index in [4.69, 9.17) is 11.6 Å². The van der Waals surface area contributed by atoms with Gasteiger partial charge in [0.25, 0.3) is 0 Å². The summed E-state index contributed by atoms with van der Waals surface area (Å²) in [4.78, 5) is 12.0. The molecule has 1 aromatic carbocycles. The highest BCUT2D eigenvalue weighted by molar-refractivity contribution is 6.31. The highest BCUT2D eigenvalue weighted by Crippen LogP contribution is 2.39. The standard InChI is InChI=1S/C14H19ClN2O2/c1-9-11(15)4-3-5-12(9)16-13(19)17-14(2,8-18)10-6-7-10/h3-5,10,18H,6-8H2,1-2H3,(H2,16,17,19). The highest BCUT2D eigenvalue weighted by Gasteiger charge is 2.42. The Bertz CT molecular complexity index is 488. The minimum absolute atomic E-state index is 0.0559. The second-order valence-corrected chi connectivity index (χ2v) is 5.75. The van der Waals surface area contributed by atoms with Crippen molar-refractivity contribution in [1.82, 2.24) is 5.32 Å². The number of amides is 2. The Hall–Kier alpha value is -1.26. The van der Waals surface area contributed by atoms with Crippen LogP contribution in [0.2, 0.25) is 5.02 Å². The average molecular weight is 283 g/mol. The van der Waals surface area contributed by atoms with Gasteiger partial charge in [0.2, 0.25) is 0 Å². The predicted molar refractivity (Wildman–Crippen MR) is 76.6 cm³/mol. The van der Waals surface area contributed by atoms with Gasteiger partial charge in [0.1, 0.15) is 0 Å². The number of hydrogen-bond donors (Lipinski definition) is 3. The van der Waals surface area contributed by atoms with Gasteiger partial charge in [0, 0.05) is 10.7 Å². The molecule has 0 radical (unpaired) electrons. The molecule has 5 heteroatoms. The first-order valence-electron chi connectivity index (χ1n) is 6.41. The fraction of sp³-hybridized carbons (Fsp3) is 0.500. The van der Waals surface area contributed by atoms with Crippen molar-refractivity contribution in [2.24, 2.45) is 5.92 Å². The van der Waals surface area contributed by atoms with Crippen molar-refractivity contribution >= 4 is 23.3 Å². The summed E-state index contributed by atoms with van der Waals surface area (Å²) in [7, 11) is 0. The molecule has 1 aliphatic rings. The maximum atomic E-state index is 12.0. The maximum absolute atomic E-state index is 12.0. The summed E-state index contributed by atoms with van der Waals surface area (Å²) < 4.78 is 0. The van der Waals surface area contributed by atoms with Crippen LogP contribution in [0.3, 0.4) is 0 Å². The molecule has 0 aromatic heterocycles. The molecular formula is C14H19ClN2O2. The Balaban J connectivity index is 2.03. The minimum atomic E-state index is -0.545. The lowest BCUT2D eigenvalue weighted by atomic mass is 9.97. The largest absolute Gasteiger partial charge is 0.394 e. The van der Waals surface area contributed by atoms with E-state index in [1.54, 1.807) is 18.2 Å². The van der Waals surface area contributed by atoms with Gasteiger partial charge in [-0.2, -0.15) is 0 Å². The monoisotopic (exact) mass is 282 g/mol. The molecule has 19 heavy (non-hydrogen) atoms. The van der Waals surface area contributed by atoms with Crippen LogP contribution >= 0.6 is 11.6 Å². The fourth-order valence-electron chi connectivity index (χ4n) is 2.15. The molecule has 1 aromatic rings. The molecule has 1 atom stereocenters. The van der Waals surface area contributed by atoms with Crippen LogP contribution in [0.15, 0.2) is 18.2 Å². The summed E-state index contributed by atoms with van der Waals surface area (Å²) in [5, 5.41) is 15.7. The summed E-state index contributed by atoms with van der Waals surface area (Å²) >= 11 is 6.01. The minimum Gasteiger partial charge on any atom is -0.394 e. The van der Waals surface area contributed by atoms with Crippen LogP contribution in [0.1, 0.15) is 25.3 Å². The zero-order valence-electron chi connectivity index (χ0n) is 11.2. The van der Waals surface area contributed by atoms with Gasteiger partial charge in [-0.05, 0) is 50.3 Å². The van der Waals surface area contributed by atoms with Crippen molar-refractivity contribution in [3.8, 4) is 0 Å². The first-order valence-corrected chi connectivity index (χ1v) is 6.79. The van der Waals surface area contributed by atoms with Gasteiger partial charge < -0.3 is 15.7 Å². The van der Waals surface area contributed by atoms with Crippen LogP contribution in [0, 0.1) is 12.8 Å². The number of carbonyl (C=O) groups excluding carboxylic acids is 1. The molecule has 0 bridgehead atoms. The smallest absolute Gasteiger partial charge is 0.319 e.